The molecule has 0 saturated carbocycles. The SMILES string of the molecule is COC12C(COC(N)=O)C3=C(C(=O)C(C)=C(Nc4cccnc4)C3=O)N1CC1NC12. The molecule has 1 amide bonds. The van der Waals surface area contributed by atoms with E-state index in [0.717, 1.165) is 0 Å². The number of piperazine rings is 1. The highest BCUT2D eigenvalue weighted by Crippen LogP contribution is 2.55. The number of Topliss-reactive ketones (excluding diaryl/α,β-unsaturated/α-hetero) is 2. The van der Waals surface area contributed by atoms with E-state index in [1.807, 2.05) is 4.90 Å². The Morgan fingerprint density at radius 1 is 1.43 bits per heavy atom. The Morgan fingerprint density at radius 3 is 2.90 bits per heavy atom. The summed E-state index contributed by atoms with van der Waals surface area (Å²) in [4.78, 5) is 44.2. The number of anilines is 1. The fourth-order valence-electron chi connectivity index (χ4n) is 5.02. The maximum absolute atomic E-state index is 13.6. The van der Waals surface area contributed by atoms with E-state index >= 15 is 0 Å². The van der Waals surface area contributed by atoms with Gasteiger partial charge in [0.15, 0.2) is 5.72 Å². The lowest BCUT2D eigenvalue weighted by molar-refractivity contribution is -0.137. The largest absolute Gasteiger partial charge is 0.449 e. The molecule has 30 heavy (non-hydrogen) atoms. The summed E-state index contributed by atoms with van der Waals surface area (Å²) < 4.78 is 11.0. The van der Waals surface area contributed by atoms with E-state index in [1.165, 1.54) is 7.11 Å². The molecule has 4 N–H and O–H groups in total. The Hall–Kier alpha value is -3.24. The molecule has 4 heterocycles. The minimum atomic E-state index is -0.986. The van der Waals surface area contributed by atoms with Crippen LogP contribution in [-0.4, -0.2) is 65.6 Å². The molecule has 156 valence electrons. The Balaban J connectivity index is 1.58. The minimum absolute atomic E-state index is 0.0785. The number of hydrogen-bond donors (Lipinski definition) is 3. The van der Waals surface area contributed by atoms with Crippen molar-refractivity contribution in [1.82, 2.24) is 15.2 Å². The van der Waals surface area contributed by atoms with Crippen LogP contribution in [-0.2, 0) is 19.1 Å². The number of carbonyl (C=O) groups excluding carboxylic acids is 3. The number of nitrogens with zero attached hydrogens (tertiary/aromatic N) is 2. The van der Waals surface area contributed by atoms with E-state index in [-0.39, 0.29) is 41.5 Å². The average Bonchev–Trinajstić information content (AvgIpc) is 3.35. The smallest absolute Gasteiger partial charge is 0.404 e. The summed E-state index contributed by atoms with van der Waals surface area (Å²) in [7, 11) is 1.54. The fraction of sp³-hybridized carbons (Fsp3) is 0.400. The van der Waals surface area contributed by atoms with Crippen molar-refractivity contribution in [3.63, 3.8) is 0 Å². The van der Waals surface area contributed by atoms with Crippen LogP contribution < -0.4 is 16.4 Å². The molecule has 0 radical (unpaired) electrons. The molecule has 0 spiro atoms. The molecule has 1 aromatic rings. The van der Waals surface area contributed by atoms with E-state index < -0.39 is 17.7 Å². The fourth-order valence-corrected chi connectivity index (χ4v) is 5.02. The number of ether oxygens (including phenoxy) is 2. The van der Waals surface area contributed by atoms with E-state index in [4.69, 9.17) is 15.2 Å². The highest BCUT2D eigenvalue weighted by atomic mass is 16.6. The Morgan fingerprint density at radius 2 is 2.23 bits per heavy atom. The average molecular weight is 411 g/mol. The van der Waals surface area contributed by atoms with Crippen LogP contribution >= 0.6 is 0 Å². The number of nitrogens with one attached hydrogen (secondary N) is 2. The third-order valence-electron chi connectivity index (χ3n) is 6.36. The maximum Gasteiger partial charge on any atom is 0.404 e. The second-order valence-electron chi connectivity index (χ2n) is 7.79. The Labute approximate surface area is 172 Å². The van der Waals surface area contributed by atoms with E-state index in [9.17, 15) is 14.4 Å². The monoisotopic (exact) mass is 411 g/mol. The zero-order valence-electron chi connectivity index (χ0n) is 16.5. The van der Waals surface area contributed by atoms with Crippen LogP contribution in [0.5, 0.6) is 0 Å². The predicted molar refractivity (Wildman–Crippen MR) is 104 cm³/mol. The van der Waals surface area contributed by atoms with Crippen molar-refractivity contribution in [1.29, 1.82) is 0 Å². The van der Waals surface area contributed by atoms with Crippen molar-refractivity contribution in [2.24, 2.45) is 11.7 Å². The van der Waals surface area contributed by atoms with Gasteiger partial charge in [-0.15, -0.1) is 0 Å². The van der Waals surface area contributed by atoms with Gasteiger partial charge in [-0.2, -0.15) is 0 Å². The van der Waals surface area contributed by atoms with Gasteiger partial charge in [-0.05, 0) is 19.1 Å². The van der Waals surface area contributed by atoms with Crippen LogP contribution in [0.4, 0.5) is 10.5 Å². The van der Waals surface area contributed by atoms with Crippen LogP contribution in [0, 0.1) is 5.92 Å². The van der Waals surface area contributed by atoms with Crippen LogP contribution in [0.1, 0.15) is 6.92 Å². The Kier molecular flexibility index (Phi) is 3.99. The Bertz CT molecular complexity index is 1040. The normalized spacial score (nSPS) is 31.5. The van der Waals surface area contributed by atoms with Gasteiger partial charge in [-0.3, -0.25) is 14.6 Å². The molecule has 4 aliphatic rings. The number of nitrogens with two attached hydrogens (primary N) is 1. The first-order valence-electron chi connectivity index (χ1n) is 9.62. The molecule has 1 aliphatic carbocycles. The number of carbonyl (C=O) groups is 3. The summed E-state index contributed by atoms with van der Waals surface area (Å²) in [6, 6.07) is 3.55. The zero-order valence-corrected chi connectivity index (χ0v) is 16.5. The highest BCUT2D eigenvalue weighted by molar-refractivity contribution is 6.26. The van der Waals surface area contributed by atoms with Gasteiger partial charge in [0.25, 0.3) is 0 Å². The van der Waals surface area contributed by atoms with Crippen molar-refractivity contribution in [3.05, 3.63) is 47.1 Å². The van der Waals surface area contributed by atoms with Gasteiger partial charge in [0.05, 0.1) is 35.2 Å². The summed E-state index contributed by atoms with van der Waals surface area (Å²) in [6.45, 7) is 1.99. The van der Waals surface area contributed by atoms with Gasteiger partial charge in [0.2, 0.25) is 11.6 Å². The van der Waals surface area contributed by atoms with E-state index in [1.54, 1.807) is 31.5 Å². The van der Waals surface area contributed by atoms with Crippen molar-refractivity contribution >= 4 is 23.3 Å². The molecular weight excluding hydrogens is 390 g/mol. The quantitative estimate of drug-likeness (QED) is 0.446. The summed E-state index contributed by atoms with van der Waals surface area (Å²) in [5.74, 6) is -1.24. The predicted octanol–water partition coefficient (Wildman–Crippen LogP) is -0.103. The number of methoxy groups -OCH3 is 1. The standard InChI is InChI=1S/C20H21N5O5/c1-9-14(23-10-4-3-5-22-6-10)17(27)13-11(8-30-19(21)28)20(29-2)18-12(24-18)7-25(20)15(13)16(9)26/h3-6,11-12,18,23-24H,7-8H2,1-2H3,(H2,21,28). The van der Waals surface area contributed by atoms with Gasteiger partial charge < -0.3 is 30.7 Å². The lowest BCUT2D eigenvalue weighted by Gasteiger charge is -2.39. The maximum atomic E-state index is 13.6. The number of rotatable bonds is 5. The molecule has 3 aliphatic heterocycles. The van der Waals surface area contributed by atoms with Gasteiger partial charge >= 0.3 is 6.09 Å². The van der Waals surface area contributed by atoms with Crippen molar-refractivity contribution in [2.75, 3.05) is 25.6 Å². The first-order valence-corrected chi connectivity index (χ1v) is 9.62. The number of allylic oxidation sites excluding steroid dienone is 2. The number of aromatic nitrogens is 1. The molecule has 5 rings (SSSR count). The molecule has 2 saturated heterocycles. The zero-order chi connectivity index (χ0) is 21.2. The summed E-state index contributed by atoms with van der Waals surface area (Å²) in [6.07, 6.45) is 2.23. The second-order valence-corrected chi connectivity index (χ2v) is 7.79. The molecule has 4 unspecified atom stereocenters. The van der Waals surface area contributed by atoms with Crippen molar-refractivity contribution in [2.45, 2.75) is 24.7 Å². The molecule has 2 fully saturated rings. The molecule has 0 aromatic carbocycles. The van der Waals surface area contributed by atoms with E-state index in [0.29, 0.717) is 23.5 Å². The molecule has 0 bridgehead atoms. The lowest BCUT2D eigenvalue weighted by Crippen LogP contribution is -2.55. The number of primary amides is 1. The number of fused-ring (bicyclic) bond motifs is 4. The number of ketones is 2. The molecule has 1 aromatic heterocycles. The molecule has 10 heteroatoms. The molecule has 10 nitrogen and oxygen atoms in total. The summed E-state index contributed by atoms with van der Waals surface area (Å²) >= 11 is 0. The molecular formula is C20H21N5O5. The topological polar surface area (TPSA) is 146 Å². The van der Waals surface area contributed by atoms with Gasteiger partial charge in [0, 0.05) is 37.0 Å². The van der Waals surface area contributed by atoms with Gasteiger partial charge in [-0.1, -0.05) is 0 Å². The van der Waals surface area contributed by atoms with Crippen LogP contribution in [0.3, 0.4) is 0 Å². The van der Waals surface area contributed by atoms with Crippen LogP contribution in [0.15, 0.2) is 47.1 Å². The van der Waals surface area contributed by atoms with Gasteiger partial charge in [0.1, 0.15) is 6.61 Å². The minimum Gasteiger partial charge on any atom is -0.449 e. The van der Waals surface area contributed by atoms with Crippen LogP contribution in [0.25, 0.3) is 0 Å². The number of hydrogen-bond acceptors (Lipinski definition) is 9. The summed E-state index contributed by atoms with van der Waals surface area (Å²) in [5.41, 5.74) is 5.90. The third-order valence-corrected chi connectivity index (χ3v) is 6.36. The number of pyridine rings is 1. The van der Waals surface area contributed by atoms with Crippen molar-refractivity contribution < 1.29 is 23.9 Å². The number of amides is 1. The van der Waals surface area contributed by atoms with Crippen molar-refractivity contribution in [3.8, 4) is 0 Å². The van der Waals surface area contributed by atoms with Crippen LogP contribution in [0.2, 0.25) is 0 Å². The first-order chi connectivity index (χ1) is 14.4. The van der Waals surface area contributed by atoms with Gasteiger partial charge in [-0.25, -0.2) is 4.79 Å². The third kappa shape index (κ3) is 2.37. The second kappa shape index (κ2) is 6.38. The first kappa shape index (κ1) is 18.8. The lowest BCUT2D eigenvalue weighted by atomic mass is 9.82. The molecule has 4 atom stereocenters. The highest BCUT2D eigenvalue weighted by Gasteiger charge is 2.72. The van der Waals surface area contributed by atoms with E-state index in [2.05, 4.69) is 15.6 Å². The summed E-state index contributed by atoms with van der Waals surface area (Å²) in [5, 5.41) is 6.36.